The lowest BCUT2D eigenvalue weighted by Gasteiger charge is -2.10. The van der Waals surface area contributed by atoms with Crippen molar-refractivity contribution in [1.29, 1.82) is 0 Å². The van der Waals surface area contributed by atoms with Crippen LogP contribution in [0.15, 0.2) is 47.4 Å². The van der Waals surface area contributed by atoms with Crippen LogP contribution in [0.25, 0.3) is 5.65 Å². The third-order valence-corrected chi connectivity index (χ3v) is 3.80. The molecule has 3 rings (SSSR count). The first-order chi connectivity index (χ1) is 10.2. The van der Waals surface area contributed by atoms with Gasteiger partial charge in [0.1, 0.15) is 0 Å². The van der Waals surface area contributed by atoms with Crippen LogP contribution in [0.3, 0.4) is 0 Å². The Bertz CT molecular complexity index is 837. The number of halogens is 1. The Balaban J connectivity index is 1.74. The average molecular weight is 303 g/mol. The van der Waals surface area contributed by atoms with Crippen molar-refractivity contribution in [3.8, 4) is 0 Å². The van der Waals surface area contributed by atoms with E-state index < -0.39 is 0 Å². The molecule has 108 valence electrons. The molecule has 0 saturated heterocycles. The number of benzene rings is 1. The molecule has 0 spiro atoms. The molecule has 2 aromatic heterocycles. The summed E-state index contributed by atoms with van der Waals surface area (Å²) in [5.74, 6) is 0. The van der Waals surface area contributed by atoms with Crippen molar-refractivity contribution < 1.29 is 0 Å². The van der Waals surface area contributed by atoms with Gasteiger partial charge in [-0.25, -0.2) is 9.48 Å². The highest BCUT2D eigenvalue weighted by atomic mass is 35.5. The minimum absolute atomic E-state index is 0.129. The summed E-state index contributed by atoms with van der Waals surface area (Å²) in [5, 5.41) is 8.29. The molecule has 0 aliphatic carbocycles. The third kappa shape index (κ3) is 2.64. The van der Waals surface area contributed by atoms with Crippen LogP contribution in [-0.2, 0) is 6.54 Å². The van der Waals surface area contributed by atoms with Gasteiger partial charge in [-0.05, 0) is 36.8 Å². The molecule has 21 heavy (non-hydrogen) atoms. The smallest absolute Gasteiger partial charge is 0.350 e. The van der Waals surface area contributed by atoms with Gasteiger partial charge in [0.05, 0.1) is 6.54 Å². The zero-order chi connectivity index (χ0) is 14.8. The first-order valence-electron chi connectivity index (χ1n) is 6.70. The molecule has 0 saturated carbocycles. The van der Waals surface area contributed by atoms with Crippen LogP contribution in [0.2, 0.25) is 5.02 Å². The maximum Gasteiger partial charge on any atom is 0.350 e. The number of anilines is 1. The lowest BCUT2D eigenvalue weighted by molar-refractivity contribution is 0.614. The van der Waals surface area contributed by atoms with Crippen LogP contribution in [0.1, 0.15) is 5.56 Å². The molecule has 5 nitrogen and oxygen atoms in total. The van der Waals surface area contributed by atoms with Crippen LogP contribution in [-0.4, -0.2) is 20.7 Å². The third-order valence-electron chi connectivity index (χ3n) is 3.40. The summed E-state index contributed by atoms with van der Waals surface area (Å²) in [6, 6.07) is 11.2. The van der Waals surface area contributed by atoms with Crippen molar-refractivity contribution in [3.05, 3.63) is 63.7 Å². The van der Waals surface area contributed by atoms with Gasteiger partial charge in [0, 0.05) is 23.5 Å². The van der Waals surface area contributed by atoms with Gasteiger partial charge in [0.15, 0.2) is 5.65 Å². The Kier molecular flexibility index (Phi) is 3.66. The summed E-state index contributed by atoms with van der Waals surface area (Å²) in [6.45, 7) is 3.05. The summed E-state index contributed by atoms with van der Waals surface area (Å²) in [4.78, 5) is 12.1. The maximum absolute atomic E-state index is 12.1. The van der Waals surface area contributed by atoms with Crippen LogP contribution >= 0.6 is 11.6 Å². The van der Waals surface area contributed by atoms with Gasteiger partial charge in [-0.15, -0.1) is 5.10 Å². The molecule has 0 aliphatic heterocycles. The molecule has 0 fully saturated rings. The Morgan fingerprint density at radius 1 is 1.24 bits per heavy atom. The predicted octanol–water partition coefficient (Wildman–Crippen LogP) is 2.57. The van der Waals surface area contributed by atoms with Crippen molar-refractivity contribution in [2.24, 2.45) is 0 Å². The van der Waals surface area contributed by atoms with Gasteiger partial charge >= 0.3 is 5.69 Å². The number of fused-ring (bicyclic) bond motifs is 1. The van der Waals surface area contributed by atoms with Gasteiger partial charge in [-0.2, -0.15) is 0 Å². The van der Waals surface area contributed by atoms with Crippen LogP contribution < -0.4 is 11.0 Å². The lowest BCUT2D eigenvalue weighted by atomic mass is 10.2. The second-order valence-corrected chi connectivity index (χ2v) is 5.18. The summed E-state index contributed by atoms with van der Waals surface area (Å²) in [5.41, 5.74) is 2.50. The second kappa shape index (κ2) is 5.61. The van der Waals surface area contributed by atoms with E-state index in [4.69, 9.17) is 11.6 Å². The highest BCUT2D eigenvalue weighted by molar-refractivity contribution is 6.31. The van der Waals surface area contributed by atoms with Crippen LogP contribution in [0.5, 0.6) is 0 Å². The number of hydrogen-bond donors (Lipinski definition) is 1. The van der Waals surface area contributed by atoms with E-state index in [9.17, 15) is 4.79 Å². The standard InChI is InChI=1S/C15H15ClN4O/c1-11-12(16)5-4-6-13(11)17-8-10-20-15(21)19-9-3-2-7-14(19)18-20/h2-7,9,17H,8,10H2,1H3. The van der Waals surface area contributed by atoms with Crippen molar-refractivity contribution in [2.45, 2.75) is 13.5 Å². The number of pyridine rings is 1. The minimum Gasteiger partial charge on any atom is -0.383 e. The molecule has 0 unspecified atom stereocenters. The summed E-state index contributed by atoms with van der Waals surface area (Å²) in [6.07, 6.45) is 1.72. The van der Waals surface area contributed by atoms with Crippen molar-refractivity contribution in [1.82, 2.24) is 14.2 Å². The Morgan fingerprint density at radius 2 is 2.10 bits per heavy atom. The average Bonchev–Trinajstić information content (AvgIpc) is 2.81. The monoisotopic (exact) mass is 302 g/mol. The van der Waals surface area contributed by atoms with Crippen LogP contribution in [0, 0.1) is 6.92 Å². The van der Waals surface area contributed by atoms with E-state index in [1.54, 1.807) is 6.20 Å². The Morgan fingerprint density at radius 3 is 2.90 bits per heavy atom. The SMILES string of the molecule is Cc1c(Cl)cccc1NCCn1nc2ccccn2c1=O. The van der Waals surface area contributed by atoms with Gasteiger partial charge in [0.2, 0.25) is 0 Å². The summed E-state index contributed by atoms with van der Waals surface area (Å²) >= 11 is 6.08. The fourth-order valence-corrected chi connectivity index (χ4v) is 2.38. The summed E-state index contributed by atoms with van der Waals surface area (Å²) in [7, 11) is 0. The number of aromatic nitrogens is 3. The highest BCUT2D eigenvalue weighted by Crippen LogP contribution is 2.22. The molecular weight excluding hydrogens is 288 g/mol. The van der Waals surface area contributed by atoms with E-state index in [0.29, 0.717) is 18.7 Å². The minimum atomic E-state index is -0.129. The van der Waals surface area contributed by atoms with E-state index in [0.717, 1.165) is 16.3 Å². The lowest BCUT2D eigenvalue weighted by Crippen LogP contribution is -2.24. The first-order valence-corrected chi connectivity index (χ1v) is 7.08. The molecule has 0 amide bonds. The molecule has 0 atom stereocenters. The van der Waals surface area contributed by atoms with E-state index in [1.165, 1.54) is 9.08 Å². The molecular formula is C15H15ClN4O. The van der Waals surface area contributed by atoms with E-state index >= 15 is 0 Å². The van der Waals surface area contributed by atoms with Crippen molar-refractivity contribution >= 4 is 22.9 Å². The molecule has 3 aromatic rings. The Labute approximate surface area is 126 Å². The zero-order valence-corrected chi connectivity index (χ0v) is 12.3. The molecule has 0 aliphatic rings. The van der Waals surface area contributed by atoms with E-state index in [1.807, 2.05) is 43.3 Å². The van der Waals surface area contributed by atoms with Gasteiger partial charge in [-0.1, -0.05) is 23.7 Å². The number of nitrogens with one attached hydrogen (secondary N) is 1. The Hall–Kier alpha value is -2.27. The molecule has 6 heteroatoms. The molecule has 1 N–H and O–H groups in total. The van der Waals surface area contributed by atoms with Crippen LogP contribution in [0.4, 0.5) is 5.69 Å². The fourth-order valence-electron chi connectivity index (χ4n) is 2.21. The highest BCUT2D eigenvalue weighted by Gasteiger charge is 2.06. The van der Waals surface area contributed by atoms with Crippen molar-refractivity contribution in [3.63, 3.8) is 0 Å². The quantitative estimate of drug-likeness (QED) is 0.806. The second-order valence-electron chi connectivity index (χ2n) is 4.77. The molecule has 0 radical (unpaired) electrons. The topological polar surface area (TPSA) is 51.3 Å². The van der Waals surface area contributed by atoms with Gasteiger partial charge in [-0.3, -0.25) is 4.40 Å². The molecule has 1 aromatic carbocycles. The first kappa shape index (κ1) is 13.7. The van der Waals surface area contributed by atoms with E-state index in [2.05, 4.69) is 10.4 Å². The molecule has 0 bridgehead atoms. The number of nitrogens with zero attached hydrogens (tertiary/aromatic N) is 3. The molecule has 2 heterocycles. The number of hydrogen-bond acceptors (Lipinski definition) is 3. The zero-order valence-electron chi connectivity index (χ0n) is 11.6. The summed E-state index contributed by atoms with van der Waals surface area (Å²) < 4.78 is 2.99. The van der Waals surface area contributed by atoms with E-state index in [-0.39, 0.29) is 5.69 Å². The van der Waals surface area contributed by atoms with Crippen molar-refractivity contribution in [2.75, 3.05) is 11.9 Å². The normalized spacial score (nSPS) is 11.0. The largest absolute Gasteiger partial charge is 0.383 e. The maximum atomic E-state index is 12.1. The number of rotatable bonds is 4. The fraction of sp³-hybridized carbons (Fsp3) is 0.200. The van der Waals surface area contributed by atoms with Gasteiger partial charge in [0.25, 0.3) is 0 Å². The predicted molar refractivity (Wildman–Crippen MR) is 84.1 cm³/mol. The van der Waals surface area contributed by atoms with Gasteiger partial charge < -0.3 is 5.32 Å².